The van der Waals surface area contributed by atoms with Gasteiger partial charge in [0.25, 0.3) is 0 Å². The number of allylic oxidation sites excluding steroid dienone is 2. The van der Waals surface area contributed by atoms with E-state index >= 15 is 0 Å². The number of esters is 1. The normalized spacial score (nSPS) is 14.2. The molecular weight excluding hydrogens is 577 g/mol. The molecule has 0 spiro atoms. The van der Waals surface area contributed by atoms with Crippen molar-refractivity contribution in [2.24, 2.45) is 0 Å². The van der Waals surface area contributed by atoms with Gasteiger partial charge in [-0.15, -0.1) is 0 Å². The fourth-order valence-electron chi connectivity index (χ4n) is 4.72. The molecule has 0 aliphatic carbocycles. The number of phosphoric ester groups is 1. The average Bonchev–Trinajstić information content (AvgIpc) is 2.96. The van der Waals surface area contributed by atoms with Crippen LogP contribution in [0, 0.1) is 0 Å². The van der Waals surface area contributed by atoms with E-state index in [2.05, 4.69) is 26.0 Å². The number of unbranched alkanes of at least 4 members (excludes halogenated alkanes) is 17. The maximum Gasteiger partial charge on any atom is 0.472 e. The van der Waals surface area contributed by atoms with Crippen LogP contribution >= 0.6 is 7.82 Å². The molecule has 0 amide bonds. The number of carbonyl (C=O) groups excluding carboxylic acids is 1. The van der Waals surface area contributed by atoms with Gasteiger partial charge in [-0.2, -0.15) is 0 Å². The average molecular weight is 649 g/mol. The molecule has 0 aromatic rings. The highest BCUT2D eigenvalue weighted by atomic mass is 31.2. The van der Waals surface area contributed by atoms with Gasteiger partial charge in [0, 0.05) is 13.0 Å². The highest BCUT2D eigenvalue weighted by molar-refractivity contribution is 7.47. The summed E-state index contributed by atoms with van der Waals surface area (Å²) in [5, 5.41) is 0. The molecule has 0 radical (unpaired) electrons. The molecule has 0 aliphatic heterocycles. The van der Waals surface area contributed by atoms with E-state index in [0.717, 1.165) is 38.5 Å². The summed E-state index contributed by atoms with van der Waals surface area (Å²) in [6, 6.07) is 0. The molecule has 0 bridgehead atoms. The Morgan fingerprint density at radius 1 is 0.682 bits per heavy atom. The summed E-state index contributed by atoms with van der Waals surface area (Å²) >= 11 is 0. The van der Waals surface area contributed by atoms with Gasteiger partial charge < -0.3 is 18.9 Å². The standard InChI is InChI=1S/C35H70NO7P/c1-6-8-10-12-13-14-15-16-17-18-19-20-21-22-23-24-25-27-30-40-32-34(43-35(37)28-26-11-9-7-2)33-42-44(38,39)41-31-29-36(3,4)5/h16-17,34H,6-15,18-33H2,1-5H3/p+1/b17-16-. The maximum atomic E-state index is 12.3. The minimum atomic E-state index is -4.25. The molecule has 0 heterocycles. The van der Waals surface area contributed by atoms with Gasteiger partial charge in [-0.1, -0.05) is 116 Å². The molecule has 0 saturated heterocycles. The zero-order valence-electron chi connectivity index (χ0n) is 29.4. The third-order valence-electron chi connectivity index (χ3n) is 7.58. The number of hydrogen-bond donors (Lipinski definition) is 1. The van der Waals surface area contributed by atoms with Gasteiger partial charge in [0.1, 0.15) is 19.3 Å². The molecule has 0 fully saturated rings. The quantitative estimate of drug-likeness (QED) is 0.0249. The summed E-state index contributed by atoms with van der Waals surface area (Å²) in [5.41, 5.74) is 0. The first-order valence-electron chi connectivity index (χ1n) is 17.9. The van der Waals surface area contributed by atoms with Gasteiger partial charge >= 0.3 is 13.8 Å². The molecule has 9 heteroatoms. The fourth-order valence-corrected chi connectivity index (χ4v) is 5.46. The Labute approximate surface area is 271 Å². The third kappa shape index (κ3) is 32.6. The number of likely N-dealkylation sites (N-methyl/N-ethyl adjacent to an activating group) is 1. The lowest BCUT2D eigenvalue weighted by Gasteiger charge is -2.24. The topological polar surface area (TPSA) is 91.3 Å². The number of rotatable bonds is 33. The molecule has 0 rings (SSSR count). The van der Waals surface area contributed by atoms with Gasteiger partial charge in [-0.05, 0) is 38.5 Å². The van der Waals surface area contributed by atoms with Gasteiger partial charge in [0.05, 0.1) is 34.4 Å². The molecule has 0 saturated carbocycles. The lowest BCUT2D eigenvalue weighted by molar-refractivity contribution is -0.870. The Morgan fingerprint density at radius 2 is 1.18 bits per heavy atom. The summed E-state index contributed by atoms with van der Waals surface area (Å²) in [6.45, 7) is 5.49. The molecule has 0 aromatic heterocycles. The Kier molecular flexibility index (Phi) is 29.1. The Morgan fingerprint density at radius 3 is 1.73 bits per heavy atom. The van der Waals surface area contributed by atoms with E-state index in [0.29, 0.717) is 24.1 Å². The smallest absolute Gasteiger partial charge is 0.457 e. The van der Waals surface area contributed by atoms with Crippen molar-refractivity contribution >= 4 is 13.8 Å². The lowest BCUT2D eigenvalue weighted by Crippen LogP contribution is -2.37. The highest BCUT2D eigenvalue weighted by Crippen LogP contribution is 2.43. The summed E-state index contributed by atoms with van der Waals surface area (Å²) in [7, 11) is 1.67. The second-order valence-electron chi connectivity index (χ2n) is 13.3. The first kappa shape index (κ1) is 43.2. The zero-order valence-corrected chi connectivity index (χ0v) is 30.3. The summed E-state index contributed by atoms with van der Waals surface area (Å²) in [4.78, 5) is 22.4. The van der Waals surface area contributed by atoms with E-state index in [9.17, 15) is 14.3 Å². The van der Waals surface area contributed by atoms with Gasteiger partial charge in [0.2, 0.25) is 0 Å². The molecule has 1 N–H and O–H groups in total. The van der Waals surface area contributed by atoms with Crippen molar-refractivity contribution in [2.75, 3.05) is 54.1 Å². The summed E-state index contributed by atoms with van der Waals surface area (Å²) in [6.07, 6.45) is 28.6. The predicted octanol–water partition coefficient (Wildman–Crippen LogP) is 9.54. The van der Waals surface area contributed by atoms with E-state index in [4.69, 9.17) is 18.5 Å². The maximum absolute atomic E-state index is 12.3. The molecule has 262 valence electrons. The van der Waals surface area contributed by atoms with Crippen molar-refractivity contribution in [3.05, 3.63) is 12.2 Å². The van der Waals surface area contributed by atoms with Crippen molar-refractivity contribution in [3.63, 3.8) is 0 Å². The Bertz CT molecular complexity index is 726. The van der Waals surface area contributed by atoms with Crippen molar-refractivity contribution in [3.8, 4) is 0 Å². The molecule has 8 nitrogen and oxygen atoms in total. The number of quaternary nitrogens is 1. The van der Waals surface area contributed by atoms with Crippen LogP contribution < -0.4 is 0 Å². The van der Waals surface area contributed by atoms with Crippen molar-refractivity contribution < 1.29 is 37.3 Å². The second-order valence-corrected chi connectivity index (χ2v) is 14.7. The third-order valence-corrected chi connectivity index (χ3v) is 8.56. The largest absolute Gasteiger partial charge is 0.472 e. The number of nitrogens with zero attached hydrogens (tertiary/aromatic N) is 1. The summed E-state index contributed by atoms with van der Waals surface area (Å²) in [5.74, 6) is -0.332. The van der Waals surface area contributed by atoms with Crippen molar-refractivity contribution in [1.82, 2.24) is 0 Å². The molecule has 0 aromatic carbocycles. The fraction of sp³-hybridized carbons (Fsp3) is 0.914. The van der Waals surface area contributed by atoms with E-state index in [-0.39, 0.29) is 25.8 Å². The number of carbonyl (C=O) groups is 1. The Balaban J connectivity index is 4.04. The van der Waals surface area contributed by atoms with Crippen LogP contribution in [0.3, 0.4) is 0 Å². The first-order chi connectivity index (χ1) is 21.1. The van der Waals surface area contributed by atoms with E-state index in [1.54, 1.807) is 0 Å². The first-order valence-corrected chi connectivity index (χ1v) is 19.4. The monoisotopic (exact) mass is 648 g/mol. The van der Waals surface area contributed by atoms with Gasteiger partial charge in [-0.3, -0.25) is 13.8 Å². The van der Waals surface area contributed by atoms with Crippen LogP contribution in [0.25, 0.3) is 0 Å². The molecule has 44 heavy (non-hydrogen) atoms. The minimum absolute atomic E-state index is 0.0896. The molecule has 0 aliphatic rings. The van der Waals surface area contributed by atoms with Gasteiger partial charge in [0.15, 0.2) is 0 Å². The van der Waals surface area contributed by atoms with Crippen LogP contribution in [0.4, 0.5) is 0 Å². The minimum Gasteiger partial charge on any atom is -0.457 e. The van der Waals surface area contributed by atoms with E-state index in [1.165, 1.54) is 89.9 Å². The zero-order chi connectivity index (χ0) is 32.8. The van der Waals surface area contributed by atoms with Crippen LogP contribution in [-0.4, -0.2) is 75.6 Å². The predicted molar refractivity (Wildman–Crippen MR) is 183 cm³/mol. The number of hydrogen-bond acceptors (Lipinski definition) is 6. The number of ether oxygens (including phenoxy) is 2. The molecule has 2 unspecified atom stereocenters. The van der Waals surface area contributed by atoms with Crippen LogP contribution in [0.1, 0.15) is 149 Å². The van der Waals surface area contributed by atoms with Gasteiger partial charge in [-0.25, -0.2) is 4.57 Å². The highest BCUT2D eigenvalue weighted by Gasteiger charge is 2.26. The van der Waals surface area contributed by atoms with Crippen molar-refractivity contribution in [1.29, 1.82) is 0 Å². The lowest BCUT2D eigenvalue weighted by atomic mass is 10.1. The summed E-state index contributed by atoms with van der Waals surface area (Å²) < 4.78 is 34.5. The van der Waals surface area contributed by atoms with E-state index in [1.807, 2.05) is 21.1 Å². The van der Waals surface area contributed by atoms with Crippen LogP contribution in [-0.2, 0) is 27.9 Å². The molecular formula is C35H71NO7P+. The SMILES string of the molecule is CCCCCCCC/C=C\CCCCCCCCCCOCC(COP(=O)(O)OCC[N+](C)(C)C)OC(=O)CCCCCC. The van der Waals surface area contributed by atoms with E-state index < -0.39 is 13.9 Å². The Hall–Kier alpha value is -0.760. The van der Waals surface area contributed by atoms with Crippen LogP contribution in [0.2, 0.25) is 0 Å². The van der Waals surface area contributed by atoms with Crippen LogP contribution in [0.5, 0.6) is 0 Å². The number of phosphoric acid groups is 1. The van der Waals surface area contributed by atoms with Crippen LogP contribution in [0.15, 0.2) is 12.2 Å². The molecule has 2 atom stereocenters. The van der Waals surface area contributed by atoms with Crippen molar-refractivity contribution in [2.45, 2.75) is 155 Å². The second kappa shape index (κ2) is 29.6.